The molecule has 0 bridgehead atoms. The fourth-order valence-corrected chi connectivity index (χ4v) is 4.41. The summed E-state index contributed by atoms with van der Waals surface area (Å²) in [4.78, 5) is 35.5. The normalized spacial score (nSPS) is 15.7. The number of amides is 2. The molecule has 4 rings (SSSR count). The lowest BCUT2D eigenvalue weighted by molar-refractivity contribution is -0.140. The molecule has 0 spiro atoms. The highest BCUT2D eigenvalue weighted by molar-refractivity contribution is 8.18. The smallest absolute Gasteiger partial charge is 0.416 e. The number of hydrogen-bond acceptors (Lipinski definition) is 5. The second-order valence-corrected chi connectivity index (χ2v) is 8.62. The number of rotatable bonds is 5. The number of hydrogen-bond donors (Lipinski definition) is 1. The maximum atomic E-state index is 14.6. The Balaban J connectivity index is 1.67. The molecule has 0 aliphatic carbocycles. The number of carbonyl (C=O) groups is 3. The van der Waals surface area contributed by atoms with Gasteiger partial charge in [0.2, 0.25) is 5.95 Å². The first-order valence-electron chi connectivity index (χ1n) is 9.43. The second kappa shape index (κ2) is 8.76. The fourth-order valence-electron chi connectivity index (χ4n) is 3.40. The number of thioether (sulfide) groups is 1. The molecule has 1 aliphatic rings. The zero-order valence-corrected chi connectivity index (χ0v) is 18.3. The van der Waals surface area contributed by atoms with Gasteiger partial charge in [-0.2, -0.15) is 17.6 Å². The largest absolute Gasteiger partial charge is 0.480 e. The summed E-state index contributed by atoms with van der Waals surface area (Å²) in [5, 5.41) is 11.7. The Labute approximate surface area is 197 Å². The average Bonchev–Trinajstić information content (AvgIpc) is 3.19. The van der Waals surface area contributed by atoms with Crippen LogP contribution in [-0.2, 0) is 22.3 Å². The molecule has 1 fully saturated rings. The van der Waals surface area contributed by atoms with E-state index in [1.807, 2.05) is 0 Å². The van der Waals surface area contributed by atoms with E-state index in [4.69, 9.17) is 16.7 Å². The Bertz CT molecular complexity index is 1390. The molecular weight excluding hydrogens is 502 g/mol. The Kier molecular flexibility index (Phi) is 6.13. The van der Waals surface area contributed by atoms with Gasteiger partial charge in [0, 0.05) is 5.02 Å². The van der Waals surface area contributed by atoms with Gasteiger partial charge in [-0.15, -0.1) is 5.10 Å². The minimum absolute atomic E-state index is 0.0129. The SMILES string of the molecule is O=C(O)CN1C(=O)SC(=Cc2ccc3c(c2)c(F)nn3Cc2ccc(Cl)cc2C(F)(F)F)C1=O. The van der Waals surface area contributed by atoms with Gasteiger partial charge in [-0.05, 0) is 53.2 Å². The van der Waals surface area contributed by atoms with E-state index in [0.717, 1.165) is 10.7 Å². The highest BCUT2D eigenvalue weighted by Crippen LogP contribution is 2.35. The lowest BCUT2D eigenvalue weighted by Gasteiger charge is -2.13. The first kappa shape index (κ1) is 23.8. The molecule has 0 radical (unpaired) electrons. The van der Waals surface area contributed by atoms with E-state index >= 15 is 0 Å². The molecule has 1 saturated heterocycles. The Morgan fingerprint density at radius 2 is 1.91 bits per heavy atom. The zero-order chi connectivity index (χ0) is 24.8. The van der Waals surface area contributed by atoms with Crippen molar-refractivity contribution in [3.05, 3.63) is 69.0 Å². The minimum atomic E-state index is -4.67. The average molecular weight is 514 g/mol. The van der Waals surface area contributed by atoms with Gasteiger partial charge in [0.1, 0.15) is 6.54 Å². The molecule has 176 valence electrons. The highest BCUT2D eigenvalue weighted by Gasteiger charge is 2.36. The van der Waals surface area contributed by atoms with Crippen LogP contribution >= 0.6 is 23.4 Å². The quantitative estimate of drug-likeness (QED) is 0.380. The van der Waals surface area contributed by atoms with Crippen molar-refractivity contribution >= 4 is 57.5 Å². The molecule has 1 aromatic heterocycles. The van der Waals surface area contributed by atoms with Gasteiger partial charge in [0.05, 0.1) is 27.9 Å². The number of carbonyl (C=O) groups excluding carboxylic acids is 2. The second-order valence-electron chi connectivity index (χ2n) is 7.19. The van der Waals surface area contributed by atoms with E-state index in [1.54, 1.807) is 0 Å². The van der Waals surface area contributed by atoms with E-state index in [-0.39, 0.29) is 32.9 Å². The molecule has 34 heavy (non-hydrogen) atoms. The van der Waals surface area contributed by atoms with E-state index in [0.29, 0.717) is 22.2 Å². The zero-order valence-electron chi connectivity index (χ0n) is 16.8. The third-order valence-corrected chi connectivity index (χ3v) is 6.03. The third-order valence-electron chi connectivity index (χ3n) is 4.89. The molecule has 1 aliphatic heterocycles. The molecule has 0 saturated carbocycles. The molecule has 0 unspecified atom stereocenters. The summed E-state index contributed by atoms with van der Waals surface area (Å²) in [6.07, 6.45) is -3.37. The molecule has 7 nitrogen and oxygen atoms in total. The summed E-state index contributed by atoms with van der Waals surface area (Å²) < 4.78 is 55.8. The van der Waals surface area contributed by atoms with Gasteiger partial charge >= 0.3 is 12.1 Å². The van der Waals surface area contributed by atoms with Crippen molar-refractivity contribution in [3.63, 3.8) is 0 Å². The number of carboxylic acids is 1. The van der Waals surface area contributed by atoms with Gasteiger partial charge in [-0.25, -0.2) is 0 Å². The predicted molar refractivity (Wildman–Crippen MR) is 116 cm³/mol. The molecule has 2 heterocycles. The summed E-state index contributed by atoms with van der Waals surface area (Å²) in [5.74, 6) is -3.09. The van der Waals surface area contributed by atoms with Crippen LogP contribution in [0.1, 0.15) is 16.7 Å². The topological polar surface area (TPSA) is 92.5 Å². The molecule has 13 heteroatoms. The van der Waals surface area contributed by atoms with Gasteiger partial charge in [0.15, 0.2) is 0 Å². The first-order chi connectivity index (χ1) is 15.9. The van der Waals surface area contributed by atoms with Crippen molar-refractivity contribution in [2.75, 3.05) is 6.54 Å². The number of aliphatic carboxylic acids is 1. The first-order valence-corrected chi connectivity index (χ1v) is 10.6. The molecule has 2 aromatic carbocycles. The van der Waals surface area contributed by atoms with Crippen LogP contribution in [0.5, 0.6) is 0 Å². The number of halogens is 5. The lowest BCUT2D eigenvalue weighted by atomic mass is 10.1. The van der Waals surface area contributed by atoms with Gasteiger partial charge in [-0.1, -0.05) is 23.7 Å². The van der Waals surface area contributed by atoms with Gasteiger partial charge in [-0.3, -0.25) is 24.0 Å². The van der Waals surface area contributed by atoms with Gasteiger partial charge < -0.3 is 5.11 Å². The lowest BCUT2D eigenvalue weighted by Crippen LogP contribution is -2.33. The van der Waals surface area contributed by atoms with Crippen LogP contribution in [0.3, 0.4) is 0 Å². The van der Waals surface area contributed by atoms with Crippen LogP contribution < -0.4 is 0 Å². The summed E-state index contributed by atoms with van der Waals surface area (Å²) in [5.41, 5.74) is -0.596. The number of imide groups is 1. The van der Waals surface area contributed by atoms with Crippen molar-refractivity contribution in [3.8, 4) is 0 Å². The molecule has 2 amide bonds. The molecule has 0 atom stereocenters. The highest BCUT2D eigenvalue weighted by atomic mass is 35.5. The number of benzene rings is 2. The third kappa shape index (κ3) is 4.64. The van der Waals surface area contributed by atoms with Crippen molar-refractivity contribution in [1.29, 1.82) is 0 Å². The minimum Gasteiger partial charge on any atom is -0.480 e. The number of carboxylic acid groups (broad SMARTS) is 1. The van der Waals surface area contributed by atoms with Crippen LogP contribution in [-0.4, -0.2) is 43.4 Å². The Morgan fingerprint density at radius 3 is 2.59 bits per heavy atom. The molecular formula is C21H12ClF4N3O4S. The monoisotopic (exact) mass is 513 g/mol. The van der Waals surface area contributed by atoms with Crippen LogP contribution in [0.25, 0.3) is 17.0 Å². The van der Waals surface area contributed by atoms with Crippen LogP contribution in [0, 0.1) is 5.95 Å². The van der Waals surface area contributed by atoms with Crippen molar-refractivity contribution in [1.82, 2.24) is 14.7 Å². The molecule has 3 aromatic rings. The standard InChI is InChI=1S/C21H12ClF4N3O4S/c22-12-3-2-11(14(7-12)21(24,25)26)8-29-15-4-1-10(5-13(15)18(23)27-29)6-16-19(32)28(9-17(30)31)20(33)34-16/h1-7H,8-9H2,(H,30,31). The molecule has 1 N–H and O–H groups in total. The Morgan fingerprint density at radius 1 is 1.18 bits per heavy atom. The summed E-state index contributed by atoms with van der Waals surface area (Å²) in [6.45, 7) is -1.16. The van der Waals surface area contributed by atoms with Crippen LogP contribution in [0.2, 0.25) is 5.02 Å². The van der Waals surface area contributed by atoms with Crippen LogP contribution in [0.4, 0.5) is 22.4 Å². The van der Waals surface area contributed by atoms with Crippen molar-refractivity contribution in [2.24, 2.45) is 0 Å². The van der Waals surface area contributed by atoms with Crippen LogP contribution in [0.15, 0.2) is 41.3 Å². The van der Waals surface area contributed by atoms with Crippen molar-refractivity contribution in [2.45, 2.75) is 12.7 Å². The Hall–Kier alpha value is -3.38. The summed E-state index contributed by atoms with van der Waals surface area (Å²) >= 11 is 6.24. The maximum Gasteiger partial charge on any atom is 0.416 e. The van der Waals surface area contributed by atoms with E-state index in [2.05, 4.69) is 5.10 Å². The number of aromatic nitrogens is 2. The summed E-state index contributed by atoms with van der Waals surface area (Å²) in [6, 6.07) is 7.49. The van der Waals surface area contributed by atoms with Gasteiger partial charge in [0.25, 0.3) is 11.1 Å². The van der Waals surface area contributed by atoms with Crippen molar-refractivity contribution < 1.29 is 37.1 Å². The fraction of sp³-hybridized carbons (Fsp3) is 0.143. The van der Waals surface area contributed by atoms with E-state index in [9.17, 15) is 31.9 Å². The number of fused-ring (bicyclic) bond motifs is 1. The predicted octanol–water partition coefficient (Wildman–Crippen LogP) is 5.02. The maximum absolute atomic E-state index is 14.6. The van der Waals surface area contributed by atoms with E-state index < -0.39 is 41.3 Å². The number of nitrogens with zero attached hydrogens (tertiary/aromatic N) is 3. The summed E-state index contributed by atoms with van der Waals surface area (Å²) in [7, 11) is 0. The number of alkyl halides is 3. The van der Waals surface area contributed by atoms with E-state index in [1.165, 1.54) is 36.4 Å².